The van der Waals surface area contributed by atoms with Gasteiger partial charge in [-0.05, 0) is 31.2 Å². The number of aromatic nitrogens is 1. The van der Waals surface area contributed by atoms with Gasteiger partial charge in [-0.1, -0.05) is 0 Å². The van der Waals surface area contributed by atoms with Crippen LogP contribution in [0.3, 0.4) is 0 Å². The summed E-state index contributed by atoms with van der Waals surface area (Å²) in [6, 6.07) is 7.52. The monoisotopic (exact) mass is 226 g/mol. The van der Waals surface area contributed by atoms with E-state index in [0.29, 0.717) is 12.3 Å². The van der Waals surface area contributed by atoms with Gasteiger partial charge in [0.25, 0.3) is 0 Å². The Balaban J connectivity index is 2.27. The zero-order valence-corrected chi connectivity index (χ0v) is 9.73. The van der Waals surface area contributed by atoms with E-state index < -0.39 is 0 Å². The highest BCUT2D eigenvalue weighted by Gasteiger charge is 2.05. The molecule has 0 spiro atoms. The molecule has 0 radical (unpaired) electrons. The van der Waals surface area contributed by atoms with Gasteiger partial charge in [-0.2, -0.15) is 0 Å². The smallest absolute Gasteiger partial charge is 0.128 e. The molecule has 1 aromatic carbocycles. The zero-order valence-electron chi connectivity index (χ0n) is 9.73. The Morgan fingerprint density at radius 2 is 2.24 bits per heavy atom. The lowest BCUT2D eigenvalue weighted by Gasteiger charge is -2.08. The van der Waals surface area contributed by atoms with Crippen LogP contribution in [0.5, 0.6) is 5.75 Å². The standard InChI is InChI=1S/C14H14N2O/c1-2-3-4-10-17-13-8-7-12(15)14-11(13)6-5-9-16-14/h5-9H,4,10,15H2,1H3. The maximum absolute atomic E-state index is 5.86. The first-order chi connectivity index (χ1) is 8.33. The zero-order chi connectivity index (χ0) is 12.1. The van der Waals surface area contributed by atoms with Crippen LogP contribution in [0, 0.1) is 11.8 Å². The Bertz CT molecular complexity index is 582. The minimum atomic E-state index is 0.578. The summed E-state index contributed by atoms with van der Waals surface area (Å²) in [5, 5.41) is 0.942. The number of nitrogens with zero attached hydrogens (tertiary/aromatic N) is 1. The summed E-state index contributed by atoms with van der Waals surface area (Å²) in [6.45, 7) is 2.40. The number of anilines is 1. The Labute approximate surface area is 101 Å². The molecule has 17 heavy (non-hydrogen) atoms. The average Bonchev–Trinajstić information content (AvgIpc) is 2.37. The Hall–Kier alpha value is -2.21. The van der Waals surface area contributed by atoms with Crippen molar-refractivity contribution >= 4 is 16.6 Å². The van der Waals surface area contributed by atoms with E-state index in [1.54, 1.807) is 6.20 Å². The van der Waals surface area contributed by atoms with Crippen LogP contribution < -0.4 is 10.5 Å². The number of benzene rings is 1. The number of nitrogens with two attached hydrogens (primary N) is 1. The molecule has 0 unspecified atom stereocenters. The first kappa shape index (κ1) is 11.3. The summed E-state index contributed by atoms with van der Waals surface area (Å²) in [4.78, 5) is 4.25. The van der Waals surface area contributed by atoms with Crippen molar-refractivity contribution in [3.63, 3.8) is 0 Å². The van der Waals surface area contributed by atoms with E-state index in [1.165, 1.54) is 0 Å². The topological polar surface area (TPSA) is 48.1 Å². The molecular weight excluding hydrogens is 212 g/mol. The van der Waals surface area contributed by atoms with Gasteiger partial charge >= 0.3 is 0 Å². The molecule has 2 aromatic rings. The van der Waals surface area contributed by atoms with E-state index in [-0.39, 0.29) is 0 Å². The SMILES string of the molecule is CC#CCCOc1ccc(N)c2ncccc12. The molecule has 0 aliphatic rings. The van der Waals surface area contributed by atoms with Gasteiger partial charge in [0.05, 0.1) is 17.8 Å². The van der Waals surface area contributed by atoms with Crippen molar-refractivity contribution in [1.29, 1.82) is 0 Å². The van der Waals surface area contributed by atoms with Crippen LogP contribution >= 0.6 is 0 Å². The Morgan fingerprint density at radius 1 is 1.35 bits per heavy atom. The summed E-state index contributed by atoms with van der Waals surface area (Å²) in [6.07, 6.45) is 2.45. The number of rotatable bonds is 3. The first-order valence-electron chi connectivity index (χ1n) is 5.48. The molecule has 3 heteroatoms. The molecule has 0 amide bonds. The molecule has 86 valence electrons. The molecule has 0 atom stereocenters. The molecule has 1 aromatic heterocycles. The molecule has 0 bridgehead atoms. The molecule has 0 aliphatic heterocycles. The fourth-order valence-electron chi connectivity index (χ4n) is 1.63. The molecule has 2 rings (SSSR count). The molecule has 3 nitrogen and oxygen atoms in total. The number of nitrogen functional groups attached to an aromatic ring is 1. The van der Waals surface area contributed by atoms with Crippen LogP contribution in [0.25, 0.3) is 10.9 Å². The summed E-state index contributed by atoms with van der Waals surface area (Å²) in [5.74, 6) is 6.61. The van der Waals surface area contributed by atoms with Gasteiger partial charge in [0, 0.05) is 18.0 Å². The van der Waals surface area contributed by atoms with E-state index in [0.717, 1.165) is 23.1 Å². The lowest BCUT2D eigenvalue weighted by atomic mass is 10.2. The highest BCUT2D eigenvalue weighted by Crippen LogP contribution is 2.28. The third-order valence-electron chi connectivity index (χ3n) is 2.42. The Morgan fingerprint density at radius 3 is 3.06 bits per heavy atom. The summed E-state index contributed by atoms with van der Waals surface area (Å²) in [5.41, 5.74) is 7.31. The average molecular weight is 226 g/mol. The number of hydrogen-bond donors (Lipinski definition) is 1. The van der Waals surface area contributed by atoms with Crippen molar-refractivity contribution in [3.05, 3.63) is 30.5 Å². The summed E-state index contributed by atoms with van der Waals surface area (Å²) < 4.78 is 5.68. The van der Waals surface area contributed by atoms with E-state index in [2.05, 4.69) is 16.8 Å². The van der Waals surface area contributed by atoms with Gasteiger partial charge in [0.15, 0.2) is 0 Å². The van der Waals surface area contributed by atoms with Crippen molar-refractivity contribution in [2.24, 2.45) is 0 Å². The second kappa shape index (κ2) is 5.22. The first-order valence-corrected chi connectivity index (χ1v) is 5.48. The van der Waals surface area contributed by atoms with Crippen LogP contribution in [0.4, 0.5) is 5.69 Å². The fourth-order valence-corrected chi connectivity index (χ4v) is 1.63. The van der Waals surface area contributed by atoms with E-state index in [1.807, 2.05) is 31.2 Å². The van der Waals surface area contributed by atoms with Crippen LogP contribution in [-0.2, 0) is 0 Å². The molecule has 0 fully saturated rings. The summed E-state index contributed by atoms with van der Waals surface area (Å²) >= 11 is 0. The number of ether oxygens (including phenoxy) is 1. The lowest BCUT2D eigenvalue weighted by molar-refractivity contribution is 0.331. The molecular formula is C14H14N2O. The number of fused-ring (bicyclic) bond motifs is 1. The van der Waals surface area contributed by atoms with Crippen LogP contribution in [0.15, 0.2) is 30.5 Å². The highest BCUT2D eigenvalue weighted by molar-refractivity contribution is 5.93. The Kier molecular flexibility index (Phi) is 3.46. The second-order valence-corrected chi connectivity index (χ2v) is 3.58. The van der Waals surface area contributed by atoms with Crippen molar-refractivity contribution < 1.29 is 4.74 Å². The van der Waals surface area contributed by atoms with Gasteiger partial charge in [-0.3, -0.25) is 4.98 Å². The normalized spacial score (nSPS) is 9.71. The fraction of sp³-hybridized carbons (Fsp3) is 0.214. The second-order valence-electron chi connectivity index (χ2n) is 3.58. The maximum atomic E-state index is 5.86. The van der Waals surface area contributed by atoms with E-state index in [4.69, 9.17) is 10.5 Å². The number of hydrogen-bond acceptors (Lipinski definition) is 3. The van der Waals surface area contributed by atoms with Gasteiger partial charge in [0.2, 0.25) is 0 Å². The quantitative estimate of drug-likeness (QED) is 0.497. The minimum Gasteiger partial charge on any atom is -0.492 e. The van der Waals surface area contributed by atoms with Crippen LogP contribution in [0.1, 0.15) is 13.3 Å². The predicted molar refractivity (Wildman–Crippen MR) is 69.7 cm³/mol. The van der Waals surface area contributed by atoms with Crippen LogP contribution in [-0.4, -0.2) is 11.6 Å². The summed E-state index contributed by atoms with van der Waals surface area (Å²) in [7, 11) is 0. The van der Waals surface area contributed by atoms with Gasteiger partial charge in [-0.25, -0.2) is 0 Å². The van der Waals surface area contributed by atoms with Crippen molar-refractivity contribution in [2.75, 3.05) is 12.3 Å². The van der Waals surface area contributed by atoms with Gasteiger partial charge in [0.1, 0.15) is 5.75 Å². The third kappa shape index (κ3) is 2.48. The lowest BCUT2D eigenvalue weighted by Crippen LogP contribution is -1.98. The van der Waals surface area contributed by atoms with Crippen molar-refractivity contribution in [1.82, 2.24) is 4.98 Å². The van der Waals surface area contributed by atoms with Crippen molar-refractivity contribution in [3.8, 4) is 17.6 Å². The highest BCUT2D eigenvalue weighted by atomic mass is 16.5. The van der Waals surface area contributed by atoms with Crippen molar-refractivity contribution in [2.45, 2.75) is 13.3 Å². The maximum Gasteiger partial charge on any atom is 0.128 e. The predicted octanol–water partition coefficient (Wildman–Crippen LogP) is 2.61. The molecule has 0 saturated heterocycles. The third-order valence-corrected chi connectivity index (χ3v) is 2.42. The largest absolute Gasteiger partial charge is 0.492 e. The molecule has 0 aliphatic carbocycles. The molecule has 2 N–H and O–H groups in total. The molecule has 1 heterocycles. The number of pyridine rings is 1. The van der Waals surface area contributed by atoms with E-state index in [9.17, 15) is 0 Å². The molecule has 0 saturated carbocycles. The van der Waals surface area contributed by atoms with E-state index >= 15 is 0 Å². The minimum absolute atomic E-state index is 0.578. The van der Waals surface area contributed by atoms with Gasteiger partial charge in [-0.15, -0.1) is 11.8 Å². The van der Waals surface area contributed by atoms with Crippen LogP contribution in [0.2, 0.25) is 0 Å². The van der Waals surface area contributed by atoms with Gasteiger partial charge < -0.3 is 10.5 Å².